The number of nitrogens with one attached hydrogen (secondary N) is 1. The first-order chi connectivity index (χ1) is 6.22. The van der Waals surface area contributed by atoms with Crippen LogP contribution in [0, 0.1) is 0 Å². The van der Waals surface area contributed by atoms with Crippen LogP contribution in [0.1, 0.15) is 26.2 Å². The minimum atomic E-state index is 0.00555. The van der Waals surface area contributed by atoms with Gasteiger partial charge in [0.05, 0.1) is 19.3 Å². The van der Waals surface area contributed by atoms with Crippen LogP contribution in [0.3, 0.4) is 0 Å². The van der Waals surface area contributed by atoms with E-state index in [9.17, 15) is 4.79 Å². The summed E-state index contributed by atoms with van der Waals surface area (Å²) < 4.78 is 4.94. The summed E-state index contributed by atoms with van der Waals surface area (Å²) in [7, 11) is 0. The molecular formula is C9H18N2O2. The van der Waals surface area contributed by atoms with E-state index in [-0.39, 0.29) is 18.0 Å². The van der Waals surface area contributed by atoms with Gasteiger partial charge in [-0.05, 0) is 6.42 Å². The van der Waals surface area contributed by atoms with Gasteiger partial charge in [-0.1, -0.05) is 13.3 Å². The fourth-order valence-corrected chi connectivity index (χ4v) is 1.32. The molecule has 0 aliphatic carbocycles. The standard InChI is InChI=1S/C9H18N2O2/c1-2-3-7(10)4-9(12)11-8-5-13-6-8/h7-8H,2-6,10H2,1H3,(H,11,12). The van der Waals surface area contributed by atoms with Crippen molar-refractivity contribution >= 4 is 5.91 Å². The molecule has 76 valence electrons. The van der Waals surface area contributed by atoms with Crippen LogP contribution in [-0.4, -0.2) is 31.2 Å². The second-order valence-corrected chi connectivity index (χ2v) is 3.55. The maximum atomic E-state index is 11.3. The average Bonchev–Trinajstić information content (AvgIpc) is 1.97. The third-order valence-electron chi connectivity index (χ3n) is 2.11. The largest absolute Gasteiger partial charge is 0.377 e. The molecule has 1 heterocycles. The Labute approximate surface area is 78.8 Å². The Balaban J connectivity index is 2.08. The highest BCUT2D eigenvalue weighted by atomic mass is 16.5. The quantitative estimate of drug-likeness (QED) is 0.636. The van der Waals surface area contributed by atoms with Crippen molar-refractivity contribution in [1.29, 1.82) is 0 Å². The molecule has 4 heteroatoms. The van der Waals surface area contributed by atoms with Crippen LogP contribution in [0.25, 0.3) is 0 Å². The Hall–Kier alpha value is -0.610. The van der Waals surface area contributed by atoms with E-state index in [0.717, 1.165) is 12.8 Å². The molecule has 1 atom stereocenters. The van der Waals surface area contributed by atoms with Crippen LogP contribution in [0.15, 0.2) is 0 Å². The zero-order chi connectivity index (χ0) is 9.68. The van der Waals surface area contributed by atoms with Crippen molar-refractivity contribution in [1.82, 2.24) is 5.32 Å². The van der Waals surface area contributed by atoms with Crippen LogP contribution in [-0.2, 0) is 9.53 Å². The molecule has 1 saturated heterocycles. The van der Waals surface area contributed by atoms with Gasteiger partial charge in [0, 0.05) is 12.5 Å². The number of ether oxygens (including phenoxy) is 1. The van der Waals surface area contributed by atoms with E-state index in [4.69, 9.17) is 10.5 Å². The number of nitrogens with two attached hydrogens (primary N) is 1. The minimum Gasteiger partial charge on any atom is -0.377 e. The summed E-state index contributed by atoms with van der Waals surface area (Å²) in [4.78, 5) is 11.3. The highest BCUT2D eigenvalue weighted by molar-refractivity contribution is 5.76. The third-order valence-corrected chi connectivity index (χ3v) is 2.11. The Morgan fingerprint density at radius 2 is 2.38 bits per heavy atom. The lowest BCUT2D eigenvalue weighted by atomic mass is 10.1. The van der Waals surface area contributed by atoms with Gasteiger partial charge in [0.2, 0.25) is 5.91 Å². The highest BCUT2D eigenvalue weighted by Gasteiger charge is 2.20. The molecule has 0 saturated carbocycles. The Bertz CT molecular complexity index is 169. The number of carbonyl (C=O) groups is 1. The summed E-state index contributed by atoms with van der Waals surface area (Å²) in [6.45, 7) is 3.36. The van der Waals surface area contributed by atoms with Gasteiger partial charge in [-0.3, -0.25) is 4.79 Å². The summed E-state index contributed by atoms with van der Waals surface area (Å²) in [5.74, 6) is 0.0502. The van der Waals surface area contributed by atoms with Crippen molar-refractivity contribution in [3.63, 3.8) is 0 Å². The lowest BCUT2D eigenvalue weighted by molar-refractivity contribution is -0.125. The molecule has 3 N–H and O–H groups in total. The number of hydrogen-bond donors (Lipinski definition) is 2. The molecule has 0 spiro atoms. The second-order valence-electron chi connectivity index (χ2n) is 3.55. The number of amides is 1. The van der Waals surface area contributed by atoms with Crippen molar-refractivity contribution in [2.75, 3.05) is 13.2 Å². The molecule has 1 aliphatic rings. The first-order valence-corrected chi connectivity index (χ1v) is 4.85. The predicted octanol–water partition coefficient (Wildman–Crippen LogP) is 0.0189. The smallest absolute Gasteiger partial charge is 0.221 e. The summed E-state index contributed by atoms with van der Waals surface area (Å²) in [6, 6.07) is 0.229. The first kappa shape index (κ1) is 10.5. The molecule has 1 amide bonds. The van der Waals surface area contributed by atoms with Gasteiger partial charge < -0.3 is 15.8 Å². The fourth-order valence-electron chi connectivity index (χ4n) is 1.32. The average molecular weight is 186 g/mol. The first-order valence-electron chi connectivity index (χ1n) is 4.85. The number of hydrogen-bond acceptors (Lipinski definition) is 3. The van der Waals surface area contributed by atoms with Gasteiger partial charge >= 0.3 is 0 Å². The van der Waals surface area contributed by atoms with Gasteiger partial charge in [-0.15, -0.1) is 0 Å². The third kappa shape index (κ3) is 3.74. The van der Waals surface area contributed by atoms with Gasteiger partial charge in [-0.2, -0.15) is 0 Å². The molecule has 1 aliphatic heterocycles. The molecule has 0 bridgehead atoms. The van der Waals surface area contributed by atoms with Crippen LogP contribution in [0.4, 0.5) is 0 Å². The van der Waals surface area contributed by atoms with Crippen LogP contribution in [0.2, 0.25) is 0 Å². The molecule has 1 unspecified atom stereocenters. The topological polar surface area (TPSA) is 64.4 Å². The van der Waals surface area contributed by atoms with Gasteiger partial charge in [0.15, 0.2) is 0 Å². The van der Waals surface area contributed by atoms with E-state index in [0.29, 0.717) is 19.6 Å². The summed E-state index contributed by atoms with van der Waals surface area (Å²) >= 11 is 0. The Morgan fingerprint density at radius 3 is 2.85 bits per heavy atom. The predicted molar refractivity (Wildman–Crippen MR) is 50.3 cm³/mol. The second kappa shape index (κ2) is 5.19. The van der Waals surface area contributed by atoms with E-state index in [1.165, 1.54) is 0 Å². The lowest BCUT2D eigenvalue weighted by Crippen LogP contribution is -2.49. The zero-order valence-corrected chi connectivity index (χ0v) is 8.08. The maximum absolute atomic E-state index is 11.3. The Kier molecular flexibility index (Phi) is 4.18. The SMILES string of the molecule is CCCC(N)CC(=O)NC1COC1. The molecule has 0 aromatic carbocycles. The van der Waals surface area contributed by atoms with E-state index in [1.807, 2.05) is 0 Å². The number of carbonyl (C=O) groups excluding carboxylic acids is 1. The highest BCUT2D eigenvalue weighted by Crippen LogP contribution is 2.02. The summed E-state index contributed by atoms with van der Waals surface area (Å²) in [5, 5.41) is 2.86. The van der Waals surface area contributed by atoms with E-state index in [1.54, 1.807) is 0 Å². The van der Waals surface area contributed by atoms with Crippen LogP contribution < -0.4 is 11.1 Å². The molecular weight excluding hydrogens is 168 g/mol. The minimum absolute atomic E-state index is 0.00555. The van der Waals surface area contributed by atoms with E-state index < -0.39 is 0 Å². The molecule has 0 radical (unpaired) electrons. The molecule has 0 aromatic heterocycles. The number of rotatable bonds is 5. The van der Waals surface area contributed by atoms with Crippen molar-refractivity contribution in [3.8, 4) is 0 Å². The van der Waals surface area contributed by atoms with Crippen molar-refractivity contribution < 1.29 is 9.53 Å². The zero-order valence-electron chi connectivity index (χ0n) is 8.08. The maximum Gasteiger partial charge on any atom is 0.221 e. The summed E-state index contributed by atoms with van der Waals surface area (Å²) in [6.07, 6.45) is 2.37. The van der Waals surface area contributed by atoms with Gasteiger partial charge in [0.1, 0.15) is 0 Å². The van der Waals surface area contributed by atoms with Gasteiger partial charge in [-0.25, -0.2) is 0 Å². The fraction of sp³-hybridized carbons (Fsp3) is 0.889. The van der Waals surface area contributed by atoms with Crippen molar-refractivity contribution in [2.24, 2.45) is 5.73 Å². The van der Waals surface area contributed by atoms with Crippen molar-refractivity contribution in [2.45, 2.75) is 38.3 Å². The molecule has 13 heavy (non-hydrogen) atoms. The molecule has 0 aromatic rings. The van der Waals surface area contributed by atoms with Crippen LogP contribution in [0.5, 0.6) is 0 Å². The Morgan fingerprint density at radius 1 is 1.69 bits per heavy atom. The van der Waals surface area contributed by atoms with Gasteiger partial charge in [0.25, 0.3) is 0 Å². The molecule has 4 nitrogen and oxygen atoms in total. The van der Waals surface area contributed by atoms with E-state index in [2.05, 4.69) is 12.2 Å². The van der Waals surface area contributed by atoms with Crippen LogP contribution >= 0.6 is 0 Å². The summed E-state index contributed by atoms with van der Waals surface area (Å²) in [5.41, 5.74) is 5.73. The monoisotopic (exact) mass is 186 g/mol. The normalized spacial score (nSPS) is 19.2. The lowest BCUT2D eigenvalue weighted by Gasteiger charge is -2.27. The van der Waals surface area contributed by atoms with Crippen molar-refractivity contribution in [3.05, 3.63) is 0 Å². The molecule has 1 rings (SSSR count). The molecule has 1 fully saturated rings. The van der Waals surface area contributed by atoms with E-state index >= 15 is 0 Å².